The minimum absolute atomic E-state index is 0.0449. The highest BCUT2D eigenvalue weighted by Gasteiger charge is 2.68. The van der Waals surface area contributed by atoms with E-state index in [0.717, 1.165) is 5.57 Å². The number of imide groups is 2. The number of carbonyl (C=O) groups excluding carboxylic acids is 4. The predicted octanol–water partition coefficient (Wildman–Crippen LogP) is 4.43. The molecule has 2 heterocycles. The third-order valence-electron chi connectivity index (χ3n) is 9.51. The first-order chi connectivity index (χ1) is 18.9. The van der Waals surface area contributed by atoms with Gasteiger partial charge in [-0.15, -0.1) is 0 Å². The Bertz CT molecular complexity index is 1470. The van der Waals surface area contributed by atoms with Crippen LogP contribution in [0.3, 0.4) is 0 Å². The van der Waals surface area contributed by atoms with Gasteiger partial charge in [-0.05, 0) is 64.7 Å². The first kappa shape index (κ1) is 26.3. The van der Waals surface area contributed by atoms with E-state index >= 15 is 0 Å². The van der Waals surface area contributed by atoms with E-state index in [4.69, 9.17) is 4.74 Å². The molecule has 8 nitrogen and oxygen atoms in total. The average molecular weight is 543 g/mol. The fourth-order valence-electron chi connectivity index (χ4n) is 7.74. The molecule has 2 aliphatic carbocycles. The Morgan fingerprint density at radius 2 is 1.65 bits per heavy atom. The van der Waals surface area contributed by atoms with Gasteiger partial charge < -0.3 is 9.84 Å². The number of benzene rings is 2. The fraction of sp³-hybridized carbons (Fsp3) is 0.438. The van der Waals surface area contributed by atoms with Crippen LogP contribution in [0.2, 0.25) is 0 Å². The molecule has 40 heavy (non-hydrogen) atoms. The summed E-state index contributed by atoms with van der Waals surface area (Å²) in [4.78, 5) is 58.5. The van der Waals surface area contributed by atoms with Crippen molar-refractivity contribution in [3.63, 3.8) is 0 Å². The zero-order chi connectivity index (χ0) is 28.7. The van der Waals surface area contributed by atoms with Crippen LogP contribution in [0.25, 0.3) is 0 Å². The Morgan fingerprint density at radius 1 is 0.950 bits per heavy atom. The Balaban J connectivity index is 1.54. The van der Waals surface area contributed by atoms with Crippen molar-refractivity contribution < 1.29 is 29.0 Å². The maximum Gasteiger partial charge on any atom is 0.241 e. The summed E-state index contributed by atoms with van der Waals surface area (Å²) in [6, 6.07) is 13.8. The number of aromatic hydroxyl groups is 1. The van der Waals surface area contributed by atoms with Gasteiger partial charge >= 0.3 is 0 Å². The van der Waals surface area contributed by atoms with Crippen molar-refractivity contribution in [2.24, 2.45) is 29.1 Å². The molecule has 1 N–H and O–H groups in total. The molecule has 2 aromatic rings. The van der Waals surface area contributed by atoms with Gasteiger partial charge in [-0.1, -0.05) is 35.9 Å². The molecule has 6 atom stereocenters. The molecular formula is C32H34N2O6. The average Bonchev–Trinajstić information content (AvgIpc) is 3.29. The molecule has 0 spiro atoms. The van der Waals surface area contributed by atoms with E-state index in [-0.39, 0.29) is 35.8 Å². The van der Waals surface area contributed by atoms with Crippen molar-refractivity contribution >= 4 is 29.3 Å². The molecule has 0 aromatic heterocycles. The lowest BCUT2D eigenvalue weighted by atomic mass is 9.51. The minimum Gasteiger partial charge on any atom is -0.508 e. The number of hydrogen-bond donors (Lipinski definition) is 1. The number of phenolic OH excluding ortho intramolecular Hbond substituents is 1. The van der Waals surface area contributed by atoms with E-state index in [2.05, 4.69) is 0 Å². The van der Waals surface area contributed by atoms with Gasteiger partial charge in [0.15, 0.2) is 0 Å². The zero-order valence-corrected chi connectivity index (χ0v) is 23.4. The number of anilines is 1. The number of carbonyl (C=O) groups is 4. The summed E-state index contributed by atoms with van der Waals surface area (Å²) >= 11 is 0. The standard InChI is InChI=1S/C32H34N2O6/c1-31(2,3)34-27(36)21-14-13-19-22(25(21)29(34)38)16-23-28(37)33(17-9-7-6-8-10-17)30(39)32(23,4)26(19)20-12-11-18(40-5)15-24(20)35/h6-13,15,21-23,25-26,35H,14,16H2,1-5H3/t21-,22+,23-,25-,26+,32+/m0/s1. The topological polar surface area (TPSA) is 104 Å². The lowest BCUT2D eigenvalue weighted by Crippen LogP contribution is -2.49. The monoisotopic (exact) mass is 542 g/mol. The van der Waals surface area contributed by atoms with Crippen molar-refractivity contribution in [1.29, 1.82) is 0 Å². The number of fused-ring (bicyclic) bond motifs is 4. The van der Waals surface area contributed by atoms with Gasteiger partial charge in [-0.2, -0.15) is 0 Å². The van der Waals surface area contributed by atoms with Gasteiger partial charge in [-0.3, -0.25) is 24.1 Å². The number of nitrogens with zero attached hydrogens (tertiary/aromatic N) is 2. The highest BCUT2D eigenvalue weighted by molar-refractivity contribution is 6.24. The Hall–Kier alpha value is -3.94. The lowest BCUT2D eigenvalue weighted by Gasteiger charge is -2.49. The third-order valence-corrected chi connectivity index (χ3v) is 9.51. The molecule has 4 aliphatic rings. The maximum atomic E-state index is 14.3. The predicted molar refractivity (Wildman–Crippen MR) is 147 cm³/mol. The fourth-order valence-corrected chi connectivity index (χ4v) is 7.74. The normalized spacial score (nSPS) is 31.6. The molecule has 8 heteroatoms. The second-order valence-electron chi connectivity index (χ2n) is 12.6. The summed E-state index contributed by atoms with van der Waals surface area (Å²) in [5.74, 6) is -3.59. The van der Waals surface area contributed by atoms with Crippen LogP contribution in [0.4, 0.5) is 5.69 Å². The Kier molecular flexibility index (Phi) is 5.77. The van der Waals surface area contributed by atoms with Gasteiger partial charge in [-0.25, -0.2) is 4.90 Å². The van der Waals surface area contributed by atoms with E-state index in [1.165, 1.54) is 23.0 Å². The number of methoxy groups -OCH3 is 1. The van der Waals surface area contributed by atoms with E-state index in [1.54, 1.807) is 43.3 Å². The number of hydrogen-bond acceptors (Lipinski definition) is 6. The number of phenols is 1. The van der Waals surface area contributed by atoms with Gasteiger partial charge in [0.2, 0.25) is 23.6 Å². The van der Waals surface area contributed by atoms with Crippen LogP contribution in [0.15, 0.2) is 60.2 Å². The summed E-state index contributed by atoms with van der Waals surface area (Å²) in [6.07, 6.45) is 2.64. The summed E-state index contributed by atoms with van der Waals surface area (Å²) in [5, 5.41) is 11.2. The second kappa shape index (κ2) is 8.78. The van der Waals surface area contributed by atoms with Crippen molar-refractivity contribution in [1.82, 2.24) is 4.90 Å². The maximum absolute atomic E-state index is 14.3. The van der Waals surface area contributed by atoms with Crippen molar-refractivity contribution in [3.8, 4) is 11.5 Å². The summed E-state index contributed by atoms with van der Waals surface area (Å²) < 4.78 is 5.30. The molecule has 4 amide bonds. The number of allylic oxidation sites excluding steroid dienone is 2. The smallest absolute Gasteiger partial charge is 0.241 e. The van der Waals surface area contributed by atoms with E-state index < -0.39 is 40.5 Å². The summed E-state index contributed by atoms with van der Waals surface area (Å²) in [6.45, 7) is 7.35. The van der Waals surface area contributed by atoms with Crippen molar-refractivity contribution in [2.45, 2.75) is 52.0 Å². The number of likely N-dealkylation sites (tertiary alicyclic amines) is 1. The van der Waals surface area contributed by atoms with Crippen molar-refractivity contribution in [2.75, 3.05) is 12.0 Å². The highest BCUT2D eigenvalue weighted by atomic mass is 16.5. The van der Waals surface area contributed by atoms with E-state index in [9.17, 15) is 24.3 Å². The summed E-state index contributed by atoms with van der Waals surface area (Å²) in [7, 11) is 1.51. The van der Waals surface area contributed by atoms with Gasteiger partial charge in [0.05, 0.1) is 36.0 Å². The lowest BCUT2D eigenvalue weighted by molar-refractivity contribution is -0.145. The largest absolute Gasteiger partial charge is 0.508 e. The second-order valence-corrected chi connectivity index (χ2v) is 12.6. The van der Waals surface area contributed by atoms with Crippen LogP contribution < -0.4 is 9.64 Å². The number of amides is 4. The third kappa shape index (κ3) is 3.44. The molecule has 3 fully saturated rings. The van der Waals surface area contributed by atoms with E-state index in [1.807, 2.05) is 32.9 Å². The molecule has 2 saturated heterocycles. The van der Waals surface area contributed by atoms with Crippen LogP contribution >= 0.6 is 0 Å². The molecule has 6 rings (SSSR count). The van der Waals surface area contributed by atoms with Gasteiger partial charge in [0.25, 0.3) is 0 Å². The van der Waals surface area contributed by atoms with Crippen LogP contribution in [0.1, 0.15) is 52.0 Å². The zero-order valence-electron chi connectivity index (χ0n) is 23.4. The Labute approximate surface area is 233 Å². The molecule has 0 bridgehead atoms. The van der Waals surface area contributed by atoms with Crippen LogP contribution in [-0.4, -0.2) is 46.3 Å². The molecule has 208 valence electrons. The number of para-hydroxylation sites is 1. The minimum atomic E-state index is -1.20. The molecule has 2 aromatic carbocycles. The summed E-state index contributed by atoms with van der Waals surface area (Å²) in [5.41, 5.74) is -0.0432. The number of rotatable bonds is 3. The van der Waals surface area contributed by atoms with Gasteiger partial charge in [0, 0.05) is 23.1 Å². The van der Waals surface area contributed by atoms with Crippen LogP contribution in [-0.2, 0) is 19.2 Å². The molecular weight excluding hydrogens is 508 g/mol. The molecule has 0 radical (unpaired) electrons. The molecule has 0 unspecified atom stereocenters. The first-order valence-electron chi connectivity index (χ1n) is 13.8. The van der Waals surface area contributed by atoms with E-state index in [0.29, 0.717) is 23.4 Å². The highest BCUT2D eigenvalue weighted by Crippen LogP contribution is 2.64. The molecule has 1 saturated carbocycles. The Morgan fingerprint density at radius 3 is 2.27 bits per heavy atom. The van der Waals surface area contributed by atoms with Gasteiger partial charge in [0.1, 0.15) is 11.5 Å². The van der Waals surface area contributed by atoms with Crippen molar-refractivity contribution in [3.05, 3.63) is 65.7 Å². The van der Waals surface area contributed by atoms with Crippen LogP contribution in [0, 0.1) is 29.1 Å². The number of ether oxygens (including phenoxy) is 1. The van der Waals surface area contributed by atoms with Crippen LogP contribution in [0.5, 0.6) is 11.5 Å². The molecule has 2 aliphatic heterocycles. The quantitative estimate of drug-likeness (QED) is 0.455. The first-order valence-corrected chi connectivity index (χ1v) is 13.8. The SMILES string of the molecule is COc1ccc([C@H]2C3=CC[C@@H]4C(=O)N(C(C)(C)C)C(=O)[C@@H]4[C@@H]3C[C@H]3C(=O)N(c4ccccc4)C(=O)[C@@]23C)c(O)c1.